The lowest BCUT2D eigenvalue weighted by Gasteiger charge is -2.20. The molecule has 0 aliphatic heterocycles. The summed E-state index contributed by atoms with van der Waals surface area (Å²) >= 11 is 0. The van der Waals surface area contributed by atoms with Crippen molar-refractivity contribution in [1.82, 2.24) is 19.9 Å². The molecule has 0 unspecified atom stereocenters. The molecule has 6 nitrogen and oxygen atoms in total. The highest BCUT2D eigenvalue weighted by molar-refractivity contribution is 5.78. The van der Waals surface area contributed by atoms with E-state index >= 15 is 0 Å². The molecule has 0 fully saturated rings. The van der Waals surface area contributed by atoms with Crippen LogP contribution < -0.4 is 5.32 Å². The molecule has 27 heavy (non-hydrogen) atoms. The summed E-state index contributed by atoms with van der Waals surface area (Å²) < 4.78 is 36.4. The van der Waals surface area contributed by atoms with Crippen LogP contribution >= 0.6 is 0 Å². The Hall–Kier alpha value is -3.03. The minimum atomic E-state index is -0.763. The summed E-state index contributed by atoms with van der Waals surface area (Å²) in [5.74, 6) is -1.49. The number of halogens is 2. The summed E-state index contributed by atoms with van der Waals surface area (Å²) in [6.07, 6.45) is 2.26. The van der Waals surface area contributed by atoms with E-state index < -0.39 is 23.3 Å². The fraction of sp³-hybridized carbons (Fsp3) is 0.316. The number of carbonyl (C=O) groups excluding carboxylic acids is 1. The van der Waals surface area contributed by atoms with E-state index in [0.717, 1.165) is 0 Å². The normalized spacial score (nSPS) is 11.6. The predicted molar refractivity (Wildman–Crippen MR) is 96.1 cm³/mol. The number of amides is 1. The fourth-order valence-electron chi connectivity index (χ4n) is 2.71. The summed E-state index contributed by atoms with van der Waals surface area (Å²) in [6, 6.07) is 4.60. The minimum Gasteiger partial charge on any atom is -0.444 e. The smallest absolute Gasteiger partial charge is 0.407 e. The molecule has 3 aromatic rings. The van der Waals surface area contributed by atoms with Crippen molar-refractivity contribution in [1.29, 1.82) is 0 Å². The highest BCUT2D eigenvalue weighted by atomic mass is 19.1. The molecule has 1 N–H and O–H groups in total. The van der Waals surface area contributed by atoms with E-state index in [1.165, 1.54) is 23.8 Å². The molecule has 142 valence electrons. The number of ether oxygens (including phenoxy) is 1. The van der Waals surface area contributed by atoms with Crippen molar-refractivity contribution in [3.05, 3.63) is 53.5 Å². The van der Waals surface area contributed by atoms with Crippen LogP contribution in [0.4, 0.5) is 13.6 Å². The maximum atomic E-state index is 15.0. The molecule has 2 heterocycles. The first-order valence-electron chi connectivity index (χ1n) is 8.40. The number of fused-ring (bicyclic) bond motifs is 1. The second-order valence-corrected chi connectivity index (χ2v) is 7.13. The van der Waals surface area contributed by atoms with Gasteiger partial charge in [0, 0.05) is 12.7 Å². The van der Waals surface area contributed by atoms with Gasteiger partial charge in [0.05, 0.1) is 11.1 Å². The van der Waals surface area contributed by atoms with Gasteiger partial charge in [0.1, 0.15) is 29.3 Å². The van der Waals surface area contributed by atoms with Gasteiger partial charge in [-0.15, -0.1) is 0 Å². The zero-order valence-corrected chi connectivity index (χ0v) is 15.5. The summed E-state index contributed by atoms with van der Waals surface area (Å²) in [4.78, 5) is 15.8. The zero-order valence-electron chi connectivity index (χ0n) is 15.5. The molecule has 0 aliphatic carbocycles. The van der Waals surface area contributed by atoms with Crippen LogP contribution in [0.15, 0.2) is 30.7 Å². The van der Waals surface area contributed by atoms with Gasteiger partial charge in [0.15, 0.2) is 0 Å². The second-order valence-electron chi connectivity index (χ2n) is 7.13. The second kappa shape index (κ2) is 6.94. The molecule has 0 spiro atoms. The van der Waals surface area contributed by atoms with Crippen LogP contribution in [0.25, 0.3) is 16.8 Å². The molecular weight excluding hydrogens is 354 g/mol. The van der Waals surface area contributed by atoms with Gasteiger partial charge in [0.25, 0.3) is 0 Å². The van der Waals surface area contributed by atoms with Crippen LogP contribution in [0.2, 0.25) is 0 Å². The average molecular weight is 374 g/mol. The predicted octanol–water partition coefficient (Wildman–Crippen LogP) is 4.01. The standard InChI is InChI=1S/C19H20F2N4O2/c1-11-12(9-22-18(26)27-19(2,3)4)8-13(20)15(16(11)21)17-14-6-5-7-25(14)24-10-23-17/h5-8,10H,9H2,1-4H3,(H,22,26). The van der Waals surface area contributed by atoms with E-state index in [0.29, 0.717) is 11.1 Å². The molecule has 0 atom stereocenters. The molecule has 1 aromatic carbocycles. The number of nitrogens with one attached hydrogen (secondary N) is 1. The van der Waals surface area contributed by atoms with Crippen molar-refractivity contribution in [2.45, 2.75) is 39.8 Å². The summed E-state index contributed by atoms with van der Waals surface area (Å²) in [6.45, 7) is 6.67. The molecule has 0 saturated carbocycles. The van der Waals surface area contributed by atoms with Crippen molar-refractivity contribution in [2.75, 3.05) is 0 Å². The lowest BCUT2D eigenvalue weighted by molar-refractivity contribution is 0.0523. The van der Waals surface area contributed by atoms with Crippen molar-refractivity contribution in [3.8, 4) is 11.3 Å². The number of rotatable bonds is 3. The number of benzene rings is 1. The Kier molecular flexibility index (Phi) is 4.82. The van der Waals surface area contributed by atoms with E-state index in [1.54, 1.807) is 39.1 Å². The largest absolute Gasteiger partial charge is 0.444 e. The van der Waals surface area contributed by atoms with Gasteiger partial charge in [-0.1, -0.05) is 0 Å². The summed E-state index contributed by atoms with van der Waals surface area (Å²) in [5, 5.41) is 6.52. The number of hydrogen-bond donors (Lipinski definition) is 1. The number of nitrogens with zero attached hydrogens (tertiary/aromatic N) is 3. The third kappa shape index (κ3) is 3.89. The van der Waals surface area contributed by atoms with Crippen LogP contribution in [-0.2, 0) is 11.3 Å². The van der Waals surface area contributed by atoms with Crippen LogP contribution in [0.5, 0.6) is 0 Å². The van der Waals surface area contributed by atoms with E-state index in [2.05, 4.69) is 15.4 Å². The number of aromatic nitrogens is 3. The SMILES string of the molecule is Cc1c(CNC(=O)OC(C)(C)C)cc(F)c(-c2ncnn3cccc23)c1F. The Morgan fingerprint density at radius 3 is 2.78 bits per heavy atom. The van der Waals surface area contributed by atoms with Crippen molar-refractivity contribution in [2.24, 2.45) is 0 Å². The van der Waals surface area contributed by atoms with Crippen LogP contribution in [0.1, 0.15) is 31.9 Å². The quantitative estimate of drug-likeness (QED) is 0.752. The van der Waals surface area contributed by atoms with Gasteiger partial charge >= 0.3 is 6.09 Å². The Balaban J connectivity index is 1.93. The minimum absolute atomic E-state index is 0.0564. The average Bonchev–Trinajstić information content (AvgIpc) is 3.05. The van der Waals surface area contributed by atoms with Gasteiger partial charge in [-0.2, -0.15) is 5.10 Å². The third-order valence-electron chi connectivity index (χ3n) is 3.96. The fourth-order valence-corrected chi connectivity index (χ4v) is 2.71. The molecule has 3 rings (SSSR count). The molecule has 2 aromatic heterocycles. The van der Waals surface area contributed by atoms with Gasteiger partial charge in [-0.3, -0.25) is 0 Å². The van der Waals surface area contributed by atoms with Crippen molar-refractivity contribution >= 4 is 11.6 Å². The zero-order chi connectivity index (χ0) is 19.8. The van der Waals surface area contributed by atoms with E-state index in [4.69, 9.17) is 4.74 Å². The van der Waals surface area contributed by atoms with Crippen LogP contribution in [-0.4, -0.2) is 26.3 Å². The van der Waals surface area contributed by atoms with Gasteiger partial charge in [0.2, 0.25) is 0 Å². The molecule has 0 saturated heterocycles. The lowest BCUT2D eigenvalue weighted by atomic mass is 10.0. The van der Waals surface area contributed by atoms with Gasteiger partial charge in [-0.25, -0.2) is 23.1 Å². The molecule has 0 radical (unpaired) electrons. The first kappa shape index (κ1) is 18.8. The highest BCUT2D eigenvalue weighted by Gasteiger charge is 2.22. The van der Waals surface area contributed by atoms with E-state index in [1.807, 2.05) is 0 Å². The molecule has 8 heteroatoms. The first-order valence-corrected chi connectivity index (χ1v) is 8.40. The monoisotopic (exact) mass is 374 g/mol. The lowest BCUT2D eigenvalue weighted by Crippen LogP contribution is -2.32. The Morgan fingerprint density at radius 1 is 1.33 bits per heavy atom. The molecule has 1 amide bonds. The first-order chi connectivity index (χ1) is 12.7. The van der Waals surface area contributed by atoms with Gasteiger partial charge in [-0.05, 0) is 57.0 Å². The molecular formula is C19H20F2N4O2. The number of hydrogen-bond acceptors (Lipinski definition) is 4. The highest BCUT2D eigenvalue weighted by Crippen LogP contribution is 2.31. The Morgan fingerprint density at radius 2 is 2.07 bits per heavy atom. The Bertz CT molecular complexity index is 1010. The number of carbonyl (C=O) groups is 1. The molecule has 0 aliphatic rings. The van der Waals surface area contributed by atoms with Crippen molar-refractivity contribution in [3.63, 3.8) is 0 Å². The topological polar surface area (TPSA) is 68.5 Å². The van der Waals surface area contributed by atoms with Crippen molar-refractivity contribution < 1.29 is 18.3 Å². The van der Waals surface area contributed by atoms with Gasteiger partial charge < -0.3 is 10.1 Å². The summed E-state index contributed by atoms with van der Waals surface area (Å²) in [5.41, 5.74) is 0.328. The molecule has 0 bridgehead atoms. The van der Waals surface area contributed by atoms with E-state index in [-0.39, 0.29) is 23.4 Å². The van der Waals surface area contributed by atoms with E-state index in [9.17, 15) is 13.6 Å². The maximum absolute atomic E-state index is 15.0. The van der Waals surface area contributed by atoms with Crippen LogP contribution in [0.3, 0.4) is 0 Å². The van der Waals surface area contributed by atoms with Crippen LogP contribution in [0, 0.1) is 18.6 Å². The number of alkyl carbamates (subject to hydrolysis) is 1. The maximum Gasteiger partial charge on any atom is 0.407 e. The summed E-state index contributed by atoms with van der Waals surface area (Å²) in [7, 11) is 0. The Labute approximate surface area is 155 Å². The third-order valence-corrected chi connectivity index (χ3v) is 3.96.